The molecule has 0 aliphatic carbocycles. The third-order valence-electron chi connectivity index (χ3n) is 3.70. The molecule has 2 aliphatic heterocycles. The van der Waals surface area contributed by atoms with E-state index in [9.17, 15) is 24.6 Å². The van der Waals surface area contributed by atoms with Crippen LogP contribution in [-0.4, -0.2) is 76.0 Å². The molecule has 2 saturated heterocycles. The van der Waals surface area contributed by atoms with Gasteiger partial charge in [0.05, 0.1) is 25.2 Å². The van der Waals surface area contributed by atoms with Crippen molar-refractivity contribution in [3.05, 3.63) is 0 Å². The number of esters is 2. The maximum Gasteiger partial charge on any atom is 0.380 e. The van der Waals surface area contributed by atoms with E-state index in [1.165, 1.54) is 6.92 Å². The number of nitrogens with one attached hydrogen (secondary N) is 1. The van der Waals surface area contributed by atoms with E-state index >= 15 is 0 Å². The van der Waals surface area contributed by atoms with Gasteiger partial charge >= 0.3 is 17.7 Å². The summed E-state index contributed by atoms with van der Waals surface area (Å²) in [5.41, 5.74) is 0. The van der Waals surface area contributed by atoms with Crippen LogP contribution in [-0.2, 0) is 28.6 Å². The Morgan fingerprint density at radius 1 is 1.48 bits per heavy atom. The normalized spacial score (nSPS) is 37.5. The van der Waals surface area contributed by atoms with Gasteiger partial charge in [0.25, 0.3) is 0 Å². The van der Waals surface area contributed by atoms with E-state index in [0.717, 1.165) is 6.92 Å². The number of hydrogen-bond donors (Lipinski definition) is 4. The van der Waals surface area contributed by atoms with Gasteiger partial charge < -0.3 is 34.8 Å². The smallest absolute Gasteiger partial charge is 0.380 e. The van der Waals surface area contributed by atoms with Crippen LogP contribution in [0.3, 0.4) is 0 Å². The van der Waals surface area contributed by atoms with E-state index < -0.39 is 67.1 Å². The van der Waals surface area contributed by atoms with E-state index in [0.29, 0.717) is 0 Å². The number of aliphatic hydroxyl groups is 3. The molecule has 2 heterocycles. The first-order valence-corrected chi connectivity index (χ1v) is 7.02. The van der Waals surface area contributed by atoms with Crippen LogP contribution in [0, 0.1) is 0 Å². The number of hydrogen-bond acceptors (Lipinski definition) is 9. The first-order valence-electron chi connectivity index (χ1n) is 7.02. The van der Waals surface area contributed by atoms with Crippen molar-refractivity contribution in [3.63, 3.8) is 0 Å². The zero-order valence-corrected chi connectivity index (χ0v) is 12.6. The van der Waals surface area contributed by atoms with Crippen LogP contribution in [0.15, 0.2) is 0 Å². The molecule has 23 heavy (non-hydrogen) atoms. The molecular formula is C13H19NO9. The molecule has 6 unspecified atom stereocenters. The number of rotatable bonds is 4. The highest BCUT2D eigenvalue weighted by Crippen LogP contribution is 2.39. The summed E-state index contributed by atoms with van der Waals surface area (Å²) in [7, 11) is 0. The minimum Gasteiger partial charge on any atom is -0.452 e. The summed E-state index contributed by atoms with van der Waals surface area (Å²) in [5.74, 6) is -4.54. The predicted octanol–water partition coefficient (Wildman–Crippen LogP) is -2.82. The van der Waals surface area contributed by atoms with Gasteiger partial charge in [0.15, 0.2) is 6.10 Å². The van der Waals surface area contributed by atoms with Crippen molar-refractivity contribution in [3.8, 4) is 0 Å². The lowest BCUT2D eigenvalue weighted by atomic mass is 9.86. The minimum absolute atomic E-state index is 0.436. The summed E-state index contributed by atoms with van der Waals surface area (Å²) in [6.07, 6.45) is -5.78. The second kappa shape index (κ2) is 6.40. The lowest BCUT2D eigenvalue weighted by Gasteiger charge is -2.51. The van der Waals surface area contributed by atoms with Gasteiger partial charge in [-0.2, -0.15) is 0 Å². The Labute approximate surface area is 131 Å². The van der Waals surface area contributed by atoms with Gasteiger partial charge in [0.2, 0.25) is 5.91 Å². The van der Waals surface area contributed by atoms with Gasteiger partial charge in [-0.3, -0.25) is 9.59 Å². The average Bonchev–Trinajstić information content (AvgIpc) is 2.44. The van der Waals surface area contributed by atoms with E-state index in [1.54, 1.807) is 0 Å². The summed E-state index contributed by atoms with van der Waals surface area (Å²) >= 11 is 0. The van der Waals surface area contributed by atoms with Gasteiger partial charge in [0, 0.05) is 13.8 Å². The van der Waals surface area contributed by atoms with Crippen LogP contribution in [0.2, 0.25) is 0 Å². The third kappa shape index (κ3) is 3.29. The summed E-state index contributed by atoms with van der Waals surface area (Å²) in [5, 5.41) is 31.6. The fourth-order valence-electron chi connectivity index (χ4n) is 2.80. The van der Waals surface area contributed by atoms with Gasteiger partial charge in [-0.05, 0) is 0 Å². The lowest BCUT2D eigenvalue weighted by molar-refractivity contribution is -0.333. The molecule has 0 aromatic rings. The molecule has 0 radical (unpaired) electrons. The van der Waals surface area contributed by atoms with Gasteiger partial charge in [-0.25, -0.2) is 4.79 Å². The van der Waals surface area contributed by atoms with Crippen molar-refractivity contribution < 1.29 is 43.9 Å². The fourth-order valence-corrected chi connectivity index (χ4v) is 2.80. The van der Waals surface area contributed by atoms with Crippen molar-refractivity contribution in [1.29, 1.82) is 0 Å². The number of amides is 1. The van der Waals surface area contributed by atoms with Crippen molar-refractivity contribution >= 4 is 17.8 Å². The van der Waals surface area contributed by atoms with E-state index in [4.69, 9.17) is 19.3 Å². The fraction of sp³-hybridized carbons (Fsp3) is 0.769. The first-order chi connectivity index (χ1) is 10.7. The largest absolute Gasteiger partial charge is 0.452 e. The SMILES string of the molecule is CC(=O)NC1C(O)CC2(OC(C)=O)OC1C(C(O)CO)OC2=O. The Morgan fingerprint density at radius 3 is 2.65 bits per heavy atom. The number of cyclic esters (lactones) is 1. The number of carbonyl (C=O) groups is 3. The Hall–Kier alpha value is -1.75. The zero-order valence-electron chi connectivity index (χ0n) is 12.6. The number of aliphatic hydroxyl groups excluding tert-OH is 3. The average molecular weight is 333 g/mol. The van der Waals surface area contributed by atoms with Crippen molar-refractivity contribution in [1.82, 2.24) is 5.32 Å². The molecule has 4 N–H and O–H groups in total. The molecule has 2 aliphatic rings. The predicted molar refractivity (Wildman–Crippen MR) is 70.6 cm³/mol. The molecule has 130 valence electrons. The topological polar surface area (TPSA) is 152 Å². The maximum atomic E-state index is 12.2. The van der Waals surface area contributed by atoms with Crippen LogP contribution in [0.1, 0.15) is 20.3 Å². The molecule has 2 bridgehead atoms. The van der Waals surface area contributed by atoms with Gasteiger partial charge in [-0.1, -0.05) is 0 Å². The summed E-state index contributed by atoms with van der Waals surface area (Å²) < 4.78 is 15.4. The molecule has 0 aromatic heterocycles. The van der Waals surface area contributed by atoms with Gasteiger partial charge in [-0.15, -0.1) is 0 Å². The molecule has 2 rings (SSSR count). The quantitative estimate of drug-likeness (QED) is 0.399. The lowest BCUT2D eigenvalue weighted by Crippen LogP contribution is -2.72. The van der Waals surface area contributed by atoms with Crippen molar-refractivity contribution in [2.45, 2.75) is 56.5 Å². The van der Waals surface area contributed by atoms with Crippen LogP contribution in [0.4, 0.5) is 0 Å². The molecule has 0 aromatic carbocycles. The van der Waals surface area contributed by atoms with E-state index in [-0.39, 0.29) is 0 Å². The summed E-state index contributed by atoms with van der Waals surface area (Å²) in [6.45, 7) is 1.54. The van der Waals surface area contributed by atoms with Crippen molar-refractivity contribution in [2.24, 2.45) is 0 Å². The van der Waals surface area contributed by atoms with Crippen LogP contribution in [0.25, 0.3) is 0 Å². The zero-order chi connectivity index (χ0) is 17.4. The number of fused-ring (bicyclic) bond motifs is 2. The van der Waals surface area contributed by atoms with E-state index in [2.05, 4.69) is 5.32 Å². The molecular weight excluding hydrogens is 314 g/mol. The Balaban J connectivity index is 2.37. The molecule has 2 fully saturated rings. The number of ether oxygens (including phenoxy) is 3. The van der Waals surface area contributed by atoms with Crippen LogP contribution in [0.5, 0.6) is 0 Å². The maximum absolute atomic E-state index is 12.2. The minimum atomic E-state index is -2.14. The first kappa shape index (κ1) is 17.6. The summed E-state index contributed by atoms with van der Waals surface area (Å²) in [6, 6.07) is -1.02. The van der Waals surface area contributed by atoms with Crippen LogP contribution < -0.4 is 5.32 Å². The van der Waals surface area contributed by atoms with E-state index in [1.807, 2.05) is 0 Å². The molecule has 10 heteroatoms. The highest BCUT2D eigenvalue weighted by atomic mass is 16.8. The number of carbonyl (C=O) groups excluding carboxylic acids is 3. The molecule has 10 nitrogen and oxygen atoms in total. The third-order valence-corrected chi connectivity index (χ3v) is 3.70. The van der Waals surface area contributed by atoms with Crippen molar-refractivity contribution in [2.75, 3.05) is 6.61 Å². The second-order valence-corrected chi connectivity index (χ2v) is 5.55. The molecule has 6 atom stereocenters. The molecule has 1 amide bonds. The monoisotopic (exact) mass is 333 g/mol. The standard InChI is InChI=1S/C13H19NO9/c1-5(16)14-9-7(18)3-13(22-6(2)17)12(20)21-10(8(19)4-15)11(9)23-13/h7-11,15,18-19H,3-4H2,1-2H3,(H,14,16). The molecule has 0 saturated carbocycles. The molecule has 0 spiro atoms. The Kier molecular flexibility index (Phi) is 4.90. The second-order valence-electron chi connectivity index (χ2n) is 5.55. The Bertz CT molecular complexity index is 508. The van der Waals surface area contributed by atoms with Gasteiger partial charge in [0.1, 0.15) is 12.2 Å². The van der Waals surface area contributed by atoms with Crippen LogP contribution >= 0.6 is 0 Å². The Morgan fingerprint density at radius 2 is 2.13 bits per heavy atom. The summed E-state index contributed by atoms with van der Waals surface area (Å²) in [4.78, 5) is 34.7. The highest BCUT2D eigenvalue weighted by molar-refractivity contribution is 5.83. The highest BCUT2D eigenvalue weighted by Gasteiger charge is 2.62.